The number of nitrogens with zero attached hydrogens (tertiary/aromatic N) is 1. The van der Waals surface area contributed by atoms with Crippen molar-refractivity contribution in [3.63, 3.8) is 0 Å². The standard InChI is InChI=1S/C12H18ClN3O3S/c1-8(12(18)14-3-4-19-2)15-10(17)5-11-16-9(6-13)7-20-11/h7-8H,3-6H2,1-2H3,(H,14,18)(H,15,17). The lowest BCUT2D eigenvalue weighted by Gasteiger charge is -2.13. The number of nitrogens with one attached hydrogen (secondary N) is 2. The predicted octanol–water partition coefficient (Wildman–Crippen LogP) is 0.692. The molecule has 0 spiro atoms. The van der Waals surface area contributed by atoms with Crippen LogP contribution in [0.3, 0.4) is 0 Å². The first-order chi connectivity index (χ1) is 9.56. The number of carbonyl (C=O) groups is 2. The maximum absolute atomic E-state index is 11.8. The van der Waals surface area contributed by atoms with E-state index in [1.165, 1.54) is 11.3 Å². The van der Waals surface area contributed by atoms with Gasteiger partial charge in [-0.2, -0.15) is 0 Å². The fraction of sp³-hybridized carbons (Fsp3) is 0.583. The number of carbonyl (C=O) groups excluding carboxylic acids is 2. The summed E-state index contributed by atoms with van der Waals surface area (Å²) in [7, 11) is 1.56. The zero-order valence-electron chi connectivity index (χ0n) is 11.4. The Kier molecular flexibility index (Phi) is 7.50. The van der Waals surface area contributed by atoms with Gasteiger partial charge in [0.1, 0.15) is 11.0 Å². The Morgan fingerprint density at radius 2 is 2.30 bits per heavy atom. The van der Waals surface area contributed by atoms with E-state index in [2.05, 4.69) is 15.6 Å². The minimum atomic E-state index is -0.591. The molecule has 0 saturated carbocycles. The maximum Gasteiger partial charge on any atom is 0.242 e. The first-order valence-corrected chi connectivity index (χ1v) is 7.53. The van der Waals surface area contributed by atoms with Crippen LogP contribution in [0.1, 0.15) is 17.6 Å². The predicted molar refractivity (Wildman–Crippen MR) is 77.9 cm³/mol. The number of halogens is 1. The highest BCUT2D eigenvalue weighted by molar-refractivity contribution is 7.09. The van der Waals surface area contributed by atoms with E-state index >= 15 is 0 Å². The molecule has 0 fully saturated rings. The Hall–Kier alpha value is -1.18. The molecular weight excluding hydrogens is 302 g/mol. The van der Waals surface area contributed by atoms with Crippen LogP contribution in [0.5, 0.6) is 0 Å². The Morgan fingerprint density at radius 1 is 1.55 bits per heavy atom. The lowest BCUT2D eigenvalue weighted by molar-refractivity contribution is -0.128. The molecule has 2 N–H and O–H groups in total. The summed E-state index contributed by atoms with van der Waals surface area (Å²) in [6.07, 6.45) is 0.150. The van der Waals surface area contributed by atoms with Crippen LogP contribution >= 0.6 is 22.9 Å². The van der Waals surface area contributed by atoms with Crippen LogP contribution < -0.4 is 10.6 Å². The number of thiazole rings is 1. The normalized spacial score (nSPS) is 11.9. The minimum Gasteiger partial charge on any atom is -0.383 e. The lowest BCUT2D eigenvalue weighted by atomic mass is 10.3. The second-order valence-electron chi connectivity index (χ2n) is 4.12. The third-order valence-corrected chi connectivity index (χ3v) is 3.60. The summed E-state index contributed by atoms with van der Waals surface area (Å²) in [5.74, 6) is -0.151. The van der Waals surface area contributed by atoms with Crippen LogP contribution in [0.4, 0.5) is 0 Å². The van der Waals surface area contributed by atoms with Gasteiger partial charge in [-0.3, -0.25) is 9.59 Å². The van der Waals surface area contributed by atoms with Gasteiger partial charge >= 0.3 is 0 Å². The zero-order chi connectivity index (χ0) is 15.0. The van der Waals surface area contributed by atoms with Crippen LogP contribution in [0, 0.1) is 0 Å². The van der Waals surface area contributed by atoms with Gasteiger partial charge in [-0.05, 0) is 6.92 Å². The number of amides is 2. The Morgan fingerprint density at radius 3 is 2.90 bits per heavy atom. The van der Waals surface area contributed by atoms with Gasteiger partial charge in [-0.15, -0.1) is 22.9 Å². The number of methoxy groups -OCH3 is 1. The molecule has 1 heterocycles. The first-order valence-electron chi connectivity index (χ1n) is 6.12. The van der Waals surface area contributed by atoms with Crippen molar-refractivity contribution in [2.45, 2.75) is 25.3 Å². The van der Waals surface area contributed by atoms with Crippen molar-refractivity contribution in [2.24, 2.45) is 0 Å². The molecule has 1 atom stereocenters. The molecule has 112 valence electrons. The molecule has 0 aliphatic heterocycles. The molecule has 0 aromatic carbocycles. The third kappa shape index (κ3) is 5.85. The summed E-state index contributed by atoms with van der Waals surface area (Å²) in [4.78, 5) is 27.6. The summed E-state index contributed by atoms with van der Waals surface area (Å²) in [6.45, 7) is 2.49. The van der Waals surface area contributed by atoms with Crippen LogP contribution in [0.2, 0.25) is 0 Å². The van der Waals surface area contributed by atoms with E-state index in [9.17, 15) is 9.59 Å². The maximum atomic E-state index is 11.8. The second kappa shape index (κ2) is 8.89. The molecule has 0 radical (unpaired) electrons. The van der Waals surface area contributed by atoms with Crippen molar-refractivity contribution in [3.05, 3.63) is 16.1 Å². The molecule has 20 heavy (non-hydrogen) atoms. The van der Waals surface area contributed by atoms with Gasteiger partial charge in [-0.25, -0.2) is 4.98 Å². The molecule has 0 aliphatic carbocycles. The SMILES string of the molecule is COCCNC(=O)C(C)NC(=O)Cc1nc(CCl)cs1. The summed E-state index contributed by atoms with van der Waals surface area (Å²) in [5.41, 5.74) is 0.754. The Labute approximate surface area is 126 Å². The van der Waals surface area contributed by atoms with E-state index in [4.69, 9.17) is 16.3 Å². The van der Waals surface area contributed by atoms with E-state index < -0.39 is 6.04 Å². The van der Waals surface area contributed by atoms with Gasteiger partial charge < -0.3 is 15.4 Å². The average molecular weight is 320 g/mol. The number of alkyl halides is 1. The van der Waals surface area contributed by atoms with Crippen molar-refractivity contribution in [1.29, 1.82) is 0 Å². The smallest absolute Gasteiger partial charge is 0.242 e. The van der Waals surface area contributed by atoms with Crippen molar-refractivity contribution in [3.8, 4) is 0 Å². The number of ether oxygens (including phenoxy) is 1. The van der Waals surface area contributed by atoms with Gasteiger partial charge in [0.25, 0.3) is 0 Å². The van der Waals surface area contributed by atoms with Gasteiger partial charge in [-0.1, -0.05) is 0 Å². The molecule has 0 aliphatic rings. The molecule has 1 unspecified atom stereocenters. The van der Waals surface area contributed by atoms with Gasteiger partial charge in [0.15, 0.2) is 0 Å². The highest BCUT2D eigenvalue weighted by Crippen LogP contribution is 2.12. The largest absolute Gasteiger partial charge is 0.383 e. The van der Waals surface area contributed by atoms with Crippen molar-refractivity contribution >= 4 is 34.8 Å². The summed E-state index contributed by atoms with van der Waals surface area (Å²) in [6, 6.07) is -0.591. The van der Waals surface area contributed by atoms with Gasteiger partial charge in [0, 0.05) is 19.0 Å². The lowest BCUT2D eigenvalue weighted by Crippen LogP contribution is -2.46. The van der Waals surface area contributed by atoms with E-state index in [-0.39, 0.29) is 18.2 Å². The number of hydrogen-bond acceptors (Lipinski definition) is 5. The third-order valence-electron chi connectivity index (χ3n) is 2.42. The van der Waals surface area contributed by atoms with Crippen LogP contribution in [0.15, 0.2) is 5.38 Å². The summed E-state index contributed by atoms with van der Waals surface area (Å²) in [5, 5.41) is 7.78. The van der Waals surface area contributed by atoms with Crippen LogP contribution in [-0.4, -0.2) is 43.1 Å². The van der Waals surface area contributed by atoms with E-state index in [0.717, 1.165) is 5.69 Å². The molecule has 0 bridgehead atoms. The molecule has 2 amide bonds. The van der Waals surface area contributed by atoms with E-state index in [1.54, 1.807) is 14.0 Å². The average Bonchev–Trinajstić information content (AvgIpc) is 2.86. The highest BCUT2D eigenvalue weighted by atomic mass is 35.5. The summed E-state index contributed by atoms with van der Waals surface area (Å²) < 4.78 is 4.83. The fourth-order valence-electron chi connectivity index (χ4n) is 1.42. The fourth-order valence-corrected chi connectivity index (χ4v) is 2.44. The molecule has 0 saturated heterocycles. The molecule has 1 rings (SSSR count). The topological polar surface area (TPSA) is 80.3 Å². The van der Waals surface area contributed by atoms with Crippen LogP contribution in [0.25, 0.3) is 0 Å². The molecule has 1 aromatic rings. The zero-order valence-corrected chi connectivity index (χ0v) is 13.0. The first kappa shape index (κ1) is 16.9. The molecule has 6 nitrogen and oxygen atoms in total. The van der Waals surface area contributed by atoms with Crippen molar-refractivity contribution in [2.75, 3.05) is 20.3 Å². The second-order valence-corrected chi connectivity index (χ2v) is 5.33. The Balaban J connectivity index is 2.35. The van der Waals surface area contributed by atoms with E-state index in [1.807, 2.05) is 5.38 Å². The molecule has 8 heteroatoms. The number of rotatable bonds is 8. The highest BCUT2D eigenvalue weighted by Gasteiger charge is 2.16. The monoisotopic (exact) mass is 319 g/mol. The van der Waals surface area contributed by atoms with Crippen molar-refractivity contribution < 1.29 is 14.3 Å². The Bertz CT molecular complexity index is 453. The summed E-state index contributed by atoms with van der Waals surface area (Å²) >= 11 is 7.02. The number of aromatic nitrogens is 1. The minimum absolute atomic E-state index is 0.150. The van der Waals surface area contributed by atoms with E-state index in [0.29, 0.717) is 24.0 Å². The number of hydrogen-bond donors (Lipinski definition) is 2. The van der Waals surface area contributed by atoms with Gasteiger partial charge in [0.05, 0.1) is 24.6 Å². The van der Waals surface area contributed by atoms with Crippen LogP contribution in [-0.2, 0) is 26.6 Å². The van der Waals surface area contributed by atoms with Crippen molar-refractivity contribution in [1.82, 2.24) is 15.6 Å². The molecule has 1 aromatic heterocycles. The van der Waals surface area contributed by atoms with Gasteiger partial charge in [0.2, 0.25) is 11.8 Å². The molecular formula is C12H18ClN3O3S. The quantitative estimate of drug-likeness (QED) is 0.546.